The molecule has 3 amide bonds. The molecule has 3 rings (SSSR count). The van der Waals surface area contributed by atoms with Crippen LogP contribution in [0.1, 0.15) is 59.9 Å². The molecule has 1 heterocycles. The molecule has 2 aliphatic rings. The number of hydrogen-bond acceptors (Lipinski definition) is 3. The lowest BCUT2D eigenvalue weighted by Crippen LogP contribution is -2.70. The van der Waals surface area contributed by atoms with Crippen LogP contribution in [0.2, 0.25) is 36.3 Å². The van der Waals surface area contributed by atoms with E-state index in [0.29, 0.717) is 19.4 Å². The summed E-state index contributed by atoms with van der Waals surface area (Å²) < 4.78 is 9.98. The zero-order valence-corrected chi connectivity index (χ0v) is 23.7. The van der Waals surface area contributed by atoms with Crippen molar-refractivity contribution in [2.75, 3.05) is 0 Å². The standard InChI is InChI=1S/C25H42N2O3Si2/c1-23(2,3)31(7,8)26-21(28)25(27(22(26)29)32(9,10)24(4,5)6)16-20(17-25)30-18-19-14-12-11-13-15-19/h11-15,20H,16-18H2,1-10H3/t20-,25-. The van der Waals surface area contributed by atoms with Gasteiger partial charge in [-0.05, 0) is 15.6 Å². The second-order valence-electron chi connectivity index (χ2n) is 12.7. The first kappa shape index (κ1) is 25.2. The average molecular weight is 475 g/mol. The number of urea groups is 1. The van der Waals surface area contributed by atoms with E-state index in [1.54, 1.807) is 4.57 Å². The van der Waals surface area contributed by atoms with E-state index in [0.717, 1.165) is 5.56 Å². The summed E-state index contributed by atoms with van der Waals surface area (Å²) in [5.74, 6) is 0.0264. The van der Waals surface area contributed by atoms with Gasteiger partial charge in [-0.15, -0.1) is 0 Å². The van der Waals surface area contributed by atoms with E-state index in [4.69, 9.17) is 4.74 Å². The maximum atomic E-state index is 14.1. The maximum Gasteiger partial charge on any atom is 0.311 e. The molecule has 1 aromatic rings. The van der Waals surface area contributed by atoms with Gasteiger partial charge in [0.1, 0.15) is 5.54 Å². The summed E-state index contributed by atoms with van der Waals surface area (Å²) in [6.45, 7) is 22.5. The molecule has 2 fully saturated rings. The zero-order valence-electron chi connectivity index (χ0n) is 21.7. The molecule has 0 radical (unpaired) electrons. The molecule has 1 spiro atoms. The minimum absolute atomic E-state index is 0.00131. The van der Waals surface area contributed by atoms with E-state index >= 15 is 0 Å². The van der Waals surface area contributed by atoms with E-state index in [1.807, 2.05) is 18.2 Å². The molecular weight excluding hydrogens is 432 g/mol. The third kappa shape index (κ3) is 3.80. The maximum absolute atomic E-state index is 14.1. The highest BCUT2D eigenvalue weighted by atomic mass is 28.3. The van der Waals surface area contributed by atoms with Crippen LogP contribution in [0.5, 0.6) is 0 Å². The van der Waals surface area contributed by atoms with E-state index in [2.05, 4.69) is 84.4 Å². The van der Waals surface area contributed by atoms with E-state index in [1.165, 1.54) is 0 Å². The Labute approximate surface area is 196 Å². The van der Waals surface area contributed by atoms with Crippen molar-refractivity contribution < 1.29 is 14.3 Å². The smallest absolute Gasteiger partial charge is 0.311 e. The number of imide groups is 1. The van der Waals surface area contributed by atoms with Crippen LogP contribution in [0, 0.1) is 0 Å². The summed E-state index contributed by atoms with van der Waals surface area (Å²) in [4.78, 5) is 28.1. The summed E-state index contributed by atoms with van der Waals surface area (Å²) in [7, 11) is -4.66. The van der Waals surface area contributed by atoms with E-state index < -0.39 is 22.0 Å². The molecule has 7 heteroatoms. The van der Waals surface area contributed by atoms with Gasteiger partial charge in [-0.3, -0.25) is 9.36 Å². The van der Waals surface area contributed by atoms with E-state index in [9.17, 15) is 9.59 Å². The lowest BCUT2D eigenvalue weighted by Gasteiger charge is -2.55. The Morgan fingerprint density at radius 1 is 0.906 bits per heavy atom. The monoisotopic (exact) mass is 474 g/mol. The molecule has 32 heavy (non-hydrogen) atoms. The Balaban J connectivity index is 1.94. The number of benzene rings is 1. The van der Waals surface area contributed by atoms with Crippen LogP contribution < -0.4 is 0 Å². The molecule has 1 aromatic carbocycles. The number of nitrogens with zero attached hydrogens (tertiary/aromatic N) is 2. The van der Waals surface area contributed by atoms with Crippen LogP contribution in [0.15, 0.2) is 30.3 Å². The number of carbonyl (C=O) groups excluding carboxylic acids is 2. The van der Waals surface area contributed by atoms with Gasteiger partial charge in [0.05, 0.1) is 12.7 Å². The Kier molecular flexibility index (Phi) is 6.14. The van der Waals surface area contributed by atoms with Crippen LogP contribution in [-0.2, 0) is 16.1 Å². The Morgan fingerprint density at radius 2 is 1.41 bits per heavy atom. The third-order valence-corrected chi connectivity index (χ3v) is 19.3. The quantitative estimate of drug-likeness (QED) is 0.367. The van der Waals surface area contributed by atoms with E-state index in [-0.39, 0.29) is 28.1 Å². The summed E-state index contributed by atoms with van der Waals surface area (Å²) in [5, 5.41) is -0.148. The number of carbonyl (C=O) groups is 2. The fourth-order valence-electron chi connectivity index (χ4n) is 4.57. The topological polar surface area (TPSA) is 49.9 Å². The SMILES string of the molecule is CC(C)(C)[Si](C)(C)N1C(=O)N([Si](C)(C)C(C)(C)C)[C@]2(C[C@H](OCc3ccccc3)C2)C1=O. The summed E-state index contributed by atoms with van der Waals surface area (Å²) >= 11 is 0. The molecule has 5 nitrogen and oxygen atoms in total. The van der Waals surface area contributed by atoms with Crippen LogP contribution in [0.25, 0.3) is 0 Å². The normalized spacial score (nSPS) is 25.0. The van der Waals surface area contributed by atoms with Gasteiger partial charge < -0.3 is 9.30 Å². The van der Waals surface area contributed by atoms with Gasteiger partial charge in [-0.25, -0.2) is 4.79 Å². The molecule has 0 aromatic heterocycles. The van der Waals surface area contributed by atoms with Crippen molar-refractivity contribution in [3.63, 3.8) is 0 Å². The Bertz CT molecular complexity index is 879. The van der Waals surface area contributed by atoms with Gasteiger partial charge in [-0.1, -0.05) is 98.1 Å². The molecule has 1 aliphatic heterocycles. The molecule has 1 saturated heterocycles. The number of amides is 3. The van der Waals surface area contributed by atoms with Crippen LogP contribution in [0.3, 0.4) is 0 Å². The fourth-order valence-corrected chi connectivity index (χ4v) is 9.23. The van der Waals surface area contributed by atoms with Crippen molar-refractivity contribution in [1.29, 1.82) is 0 Å². The first-order valence-corrected chi connectivity index (χ1v) is 17.7. The first-order valence-electron chi connectivity index (χ1n) is 11.8. The van der Waals surface area contributed by atoms with Gasteiger partial charge in [0.15, 0.2) is 16.5 Å². The van der Waals surface area contributed by atoms with Gasteiger partial charge in [-0.2, -0.15) is 0 Å². The molecule has 0 unspecified atom stereocenters. The van der Waals surface area contributed by atoms with Crippen molar-refractivity contribution in [2.24, 2.45) is 0 Å². The minimum atomic E-state index is -2.37. The second kappa shape index (κ2) is 7.81. The van der Waals surface area contributed by atoms with Gasteiger partial charge >= 0.3 is 6.03 Å². The fraction of sp³-hybridized carbons (Fsp3) is 0.680. The van der Waals surface area contributed by atoms with Gasteiger partial charge in [0.25, 0.3) is 0 Å². The molecule has 178 valence electrons. The number of rotatable bonds is 5. The third-order valence-electron chi connectivity index (χ3n) is 8.66. The molecular formula is C25H42N2O3Si2. The highest BCUT2D eigenvalue weighted by molar-refractivity contribution is 6.85. The van der Waals surface area contributed by atoms with Crippen LogP contribution in [-0.4, -0.2) is 49.2 Å². The van der Waals surface area contributed by atoms with Crippen LogP contribution in [0.4, 0.5) is 4.79 Å². The van der Waals surface area contributed by atoms with Gasteiger partial charge in [0, 0.05) is 12.8 Å². The van der Waals surface area contributed by atoms with Crippen molar-refractivity contribution in [3.05, 3.63) is 35.9 Å². The Morgan fingerprint density at radius 3 is 1.88 bits per heavy atom. The summed E-state index contributed by atoms with van der Waals surface area (Å²) in [5.41, 5.74) is 0.392. The molecule has 0 atom stereocenters. The average Bonchev–Trinajstić information content (AvgIpc) is 2.85. The lowest BCUT2D eigenvalue weighted by atomic mass is 9.74. The Hall–Kier alpha value is -1.45. The molecule has 0 N–H and O–H groups in total. The van der Waals surface area contributed by atoms with Crippen molar-refractivity contribution >= 4 is 28.4 Å². The lowest BCUT2D eigenvalue weighted by molar-refractivity contribution is -0.144. The van der Waals surface area contributed by atoms with Crippen molar-refractivity contribution in [3.8, 4) is 0 Å². The van der Waals surface area contributed by atoms with Crippen LogP contribution >= 0.6 is 0 Å². The summed E-state index contributed by atoms with van der Waals surface area (Å²) in [6.07, 6.45) is 1.20. The predicted molar refractivity (Wildman–Crippen MR) is 135 cm³/mol. The molecule has 0 bridgehead atoms. The number of ether oxygens (including phenoxy) is 1. The minimum Gasteiger partial charge on any atom is -0.373 e. The largest absolute Gasteiger partial charge is 0.373 e. The highest BCUT2D eigenvalue weighted by Crippen LogP contribution is 2.55. The number of hydrogen-bond donors (Lipinski definition) is 0. The van der Waals surface area contributed by atoms with Crippen molar-refractivity contribution in [2.45, 2.75) is 109 Å². The first-order chi connectivity index (χ1) is 14.5. The zero-order chi connectivity index (χ0) is 24.3. The predicted octanol–water partition coefficient (Wildman–Crippen LogP) is 6.38. The highest BCUT2D eigenvalue weighted by Gasteiger charge is 2.71. The molecule has 1 saturated carbocycles. The summed E-state index contributed by atoms with van der Waals surface area (Å²) in [6, 6.07) is 10.1. The molecule has 1 aliphatic carbocycles. The van der Waals surface area contributed by atoms with Gasteiger partial charge in [0.2, 0.25) is 5.91 Å². The second-order valence-corrected chi connectivity index (χ2v) is 22.9. The van der Waals surface area contributed by atoms with Crippen molar-refractivity contribution in [1.82, 2.24) is 9.13 Å².